The smallest absolute Gasteiger partial charge is 0.246 e. The van der Waals surface area contributed by atoms with Gasteiger partial charge in [0.05, 0.1) is 0 Å². The number of hydrogen-bond acceptors (Lipinski definition) is 4. The predicted octanol–water partition coefficient (Wildman–Crippen LogP) is 0.623. The second-order valence-electron chi connectivity index (χ2n) is 4.38. The van der Waals surface area contributed by atoms with Crippen molar-refractivity contribution in [3.05, 3.63) is 0 Å². The van der Waals surface area contributed by atoms with Gasteiger partial charge in [-0.2, -0.15) is 4.98 Å². The third-order valence-corrected chi connectivity index (χ3v) is 3.50. The molecule has 2 heterocycles. The molecule has 2 atom stereocenters. The molecule has 2 aliphatic rings. The van der Waals surface area contributed by atoms with Crippen LogP contribution in [0.1, 0.15) is 19.3 Å². The van der Waals surface area contributed by atoms with E-state index in [9.17, 15) is 0 Å². The number of hydrogen-bond donors (Lipinski definition) is 2. The molecule has 0 aromatic carbocycles. The summed E-state index contributed by atoms with van der Waals surface area (Å²) in [5.74, 6) is 2.93. The standard InChI is InChI=1S/C9H15N5/c10-8-11-9(13-12-8)14-4-6-2-1-3-7(6)5-14/h6-7H,1-5H2,(H3,10,11,12,13). The first kappa shape index (κ1) is 8.08. The molecule has 1 saturated heterocycles. The molecule has 1 aliphatic heterocycles. The molecule has 3 rings (SSSR count). The average molecular weight is 193 g/mol. The summed E-state index contributed by atoms with van der Waals surface area (Å²) in [5.41, 5.74) is 5.51. The minimum Gasteiger partial charge on any atom is -0.368 e. The normalized spacial score (nSPS) is 31.0. The summed E-state index contributed by atoms with van der Waals surface area (Å²) in [6.45, 7) is 2.23. The second kappa shape index (κ2) is 2.87. The zero-order valence-electron chi connectivity index (χ0n) is 8.11. The van der Waals surface area contributed by atoms with Gasteiger partial charge in [0.1, 0.15) is 0 Å². The Morgan fingerprint density at radius 1 is 1.29 bits per heavy atom. The molecule has 1 aromatic rings. The molecular weight excluding hydrogens is 178 g/mol. The van der Waals surface area contributed by atoms with E-state index in [-0.39, 0.29) is 0 Å². The molecule has 1 saturated carbocycles. The lowest BCUT2D eigenvalue weighted by atomic mass is 10.0. The van der Waals surface area contributed by atoms with Crippen LogP contribution in [0.2, 0.25) is 0 Å². The Labute approximate surface area is 82.7 Å². The first-order chi connectivity index (χ1) is 6.83. The molecule has 0 bridgehead atoms. The van der Waals surface area contributed by atoms with Gasteiger partial charge in [-0.1, -0.05) is 6.42 Å². The molecule has 0 spiro atoms. The molecule has 3 N–H and O–H groups in total. The topological polar surface area (TPSA) is 70.8 Å². The third-order valence-electron chi connectivity index (χ3n) is 3.50. The second-order valence-corrected chi connectivity index (χ2v) is 4.38. The lowest BCUT2D eigenvalue weighted by molar-refractivity contribution is 0.494. The fourth-order valence-electron chi connectivity index (χ4n) is 2.80. The Bertz CT molecular complexity index is 322. The van der Waals surface area contributed by atoms with Crippen LogP contribution in [0.5, 0.6) is 0 Å². The van der Waals surface area contributed by atoms with Crippen LogP contribution < -0.4 is 10.6 Å². The summed E-state index contributed by atoms with van der Waals surface area (Å²) >= 11 is 0. The number of anilines is 2. The largest absolute Gasteiger partial charge is 0.368 e. The molecule has 1 aromatic heterocycles. The quantitative estimate of drug-likeness (QED) is 0.686. The van der Waals surface area contributed by atoms with Gasteiger partial charge >= 0.3 is 0 Å². The minimum atomic E-state index is 0.414. The van der Waals surface area contributed by atoms with E-state index in [1.807, 2.05) is 0 Å². The van der Waals surface area contributed by atoms with Gasteiger partial charge in [0.15, 0.2) is 0 Å². The van der Waals surface area contributed by atoms with E-state index < -0.39 is 0 Å². The molecule has 5 heteroatoms. The number of nitrogens with one attached hydrogen (secondary N) is 1. The SMILES string of the molecule is Nc1nc(N2CC3CCCC3C2)n[nH]1. The Hall–Kier alpha value is -1.26. The van der Waals surface area contributed by atoms with Crippen molar-refractivity contribution in [1.29, 1.82) is 0 Å². The van der Waals surface area contributed by atoms with E-state index in [1.165, 1.54) is 19.3 Å². The van der Waals surface area contributed by atoms with Crippen LogP contribution in [0.25, 0.3) is 0 Å². The van der Waals surface area contributed by atoms with Crippen molar-refractivity contribution < 1.29 is 0 Å². The summed E-state index contributed by atoms with van der Waals surface area (Å²) in [4.78, 5) is 6.41. The summed E-state index contributed by atoms with van der Waals surface area (Å²) in [6.07, 6.45) is 4.15. The first-order valence-corrected chi connectivity index (χ1v) is 5.26. The Morgan fingerprint density at radius 2 is 2.00 bits per heavy atom. The highest BCUT2D eigenvalue weighted by molar-refractivity contribution is 5.35. The number of nitrogens with zero attached hydrogens (tertiary/aromatic N) is 3. The van der Waals surface area contributed by atoms with Crippen molar-refractivity contribution in [3.8, 4) is 0 Å². The van der Waals surface area contributed by atoms with Gasteiger partial charge in [0, 0.05) is 13.1 Å². The van der Waals surface area contributed by atoms with Crippen molar-refractivity contribution >= 4 is 11.9 Å². The summed E-state index contributed by atoms with van der Waals surface area (Å²) in [5, 5.41) is 6.78. The van der Waals surface area contributed by atoms with Crippen LogP contribution in [0, 0.1) is 11.8 Å². The van der Waals surface area contributed by atoms with Gasteiger partial charge < -0.3 is 10.6 Å². The molecule has 76 valence electrons. The molecule has 2 unspecified atom stereocenters. The van der Waals surface area contributed by atoms with Crippen molar-refractivity contribution in [2.45, 2.75) is 19.3 Å². The van der Waals surface area contributed by atoms with Gasteiger partial charge in [-0.3, -0.25) is 0 Å². The molecule has 1 aliphatic carbocycles. The van der Waals surface area contributed by atoms with Crippen LogP contribution in [0.4, 0.5) is 11.9 Å². The lowest BCUT2D eigenvalue weighted by Gasteiger charge is -2.13. The Balaban J connectivity index is 1.76. The highest BCUT2D eigenvalue weighted by Gasteiger charge is 2.37. The fourth-order valence-corrected chi connectivity index (χ4v) is 2.80. The minimum absolute atomic E-state index is 0.414. The Morgan fingerprint density at radius 3 is 2.57 bits per heavy atom. The zero-order chi connectivity index (χ0) is 9.54. The number of aromatic nitrogens is 3. The number of H-pyrrole nitrogens is 1. The Kier molecular flexibility index (Phi) is 1.65. The van der Waals surface area contributed by atoms with Crippen molar-refractivity contribution in [1.82, 2.24) is 15.2 Å². The summed E-state index contributed by atoms with van der Waals surface area (Å²) in [6, 6.07) is 0. The maximum absolute atomic E-state index is 5.51. The van der Waals surface area contributed by atoms with Gasteiger partial charge in [-0.15, -0.1) is 5.10 Å². The lowest BCUT2D eigenvalue weighted by Crippen LogP contribution is -2.21. The van der Waals surface area contributed by atoms with Crippen LogP contribution in [-0.4, -0.2) is 28.3 Å². The van der Waals surface area contributed by atoms with Crippen LogP contribution in [-0.2, 0) is 0 Å². The fraction of sp³-hybridized carbons (Fsp3) is 0.778. The van der Waals surface area contributed by atoms with Crippen LogP contribution in [0.3, 0.4) is 0 Å². The number of nitrogen functional groups attached to an aromatic ring is 1. The molecule has 2 fully saturated rings. The van der Waals surface area contributed by atoms with E-state index in [1.54, 1.807) is 0 Å². The van der Waals surface area contributed by atoms with E-state index in [2.05, 4.69) is 20.1 Å². The van der Waals surface area contributed by atoms with Gasteiger partial charge in [0.25, 0.3) is 0 Å². The molecule has 0 radical (unpaired) electrons. The van der Waals surface area contributed by atoms with E-state index >= 15 is 0 Å². The first-order valence-electron chi connectivity index (χ1n) is 5.26. The van der Waals surface area contributed by atoms with E-state index in [0.29, 0.717) is 5.95 Å². The maximum Gasteiger partial charge on any atom is 0.246 e. The molecular formula is C9H15N5. The maximum atomic E-state index is 5.51. The van der Waals surface area contributed by atoms with Crippen molar-refractivity contribution in [3.63, 3.8) is 0 Å². The number of nitrogens with two attached hydrogens (primary N) is 1. The van der Waals surface area contributed by atoms with E-state index in [4.69, 9.17) is 5.73 Å². The average Bonchev–Trinajstić information content (AvgIpc) is 2.75. The molecule has 5 nitrogen and oxygen atoms in total. The van der Waals surface area contributed by atoms with Crippen LogP contribution >= 0.6 is 0 Å². The van der Waals surface area contributed by atoms with Gasteiger partial charge in [0.2, 0.25) is 11.9 Å². The van der Waals surface area contributed by atoms with Crippen molar-refractivity contribution in [2.24, 2.45) is 11.8 Å². The number of fused-ring (bicyclic) bond motifs is 1. The predicted molar refractivity (Wildman–Crippen MR) is 53.8 cm³/mol. The highest BCUT2D eigenvalue weighted by Crippen LogP contribution is 2.38. The number of aromatic amines is 1. The van der Waals surface area contributed by atoms with E-state index in [0.717, 1.165) is 30.9 Å². The molecule has 0 amide bonds. The summed E-state index contributed by atoms with van der Waals surface area (Å²) in [7, 11) is 0. The number of rotatable bonds is 1. The van der Waals surface area contributed by atoms with Crippen molar-refractivity contribution in [2.75, 3.05) is 23.7 Å². The van der Waals surface area contributed by atoms with Gasteiger partial charge in [-0.25, -0.2) is 5.10 Å². The molecule has 14 heavy (non-hydrogen) atoms. The zero-order valence-corrected chi connectivity index (χ0v) is 8.11. The monoisotopic (exact) mass is 193 g/mol. The third kappa shape index (κ3) is 1.15. The highest BCUT2D eigenvalue weighted by atomic mass is 15.4. The van der Waals surface area contributed by atoms with Crippen LogP contribution in [0.15, 0.2) is 0 Å². The summed E-state index contributed by atoms with van der Waals surface area (Å²) < 4.78 is 0. The van der Waals surface area contributed by atoms with Gasteiger partial charge in [-0.05, 0) is 24.7 Å².